The molecule has 2 rings (SSSR count). The molecule has 4 heteroatoms. The summed E-state index contributed by atoms with van der Waals surface area (Å²) in [5.74, 6) is 0.0619. The van der Waals surface area contributed by atoms with Crippen molar-refractivity contribution in [3.05, 3.63) is 35.9 Å². The predicted molar refractivity (Wildman–Crippen MR) is 75.9 cm³/mol. The molecule has 0 radical (unpaired) electrons. The number of carbonyl (C=O) groups is 1. The number of hydrogen-bond acceptors (Lipinski definition) is 2. The van der Waals surface area contributed by atoms with Crippen molar-refractivity contribution in [1.82, 2.24) is 4.90 Å². The number of likely N-dealkylation sites (tertiary alicyclic amines) is 1. The smallest absolute Gasteiger partial charge is 0.236 e. The Bertz CT molecular complexity index is 396. The topological polar surface area (TPSA) is 46.3 Å². The van der Waals surface area contributed by atoms with Crippen molar-refractivity contribution in [3.8, 4) is 0 Å². The standard InChI is InChI=1S/C14H20N2O.ClH/c1-14(12-6-3-2-4-7-12)8-5-9-16(11-14)13(17)10-15;/h2-4,6-7H,5,8-11,15H2,1H3;1H. The quantitative estimate of drug-likeness (QED) is 0.891. The van der Waals surface area contributed by atoms with Crippen molar-refractivity contribution in [2.45, 2.75) is 25.2 Å². The number of nitrogens with two attached hydrogens (primary N) is 1. The SMILES string of the molecule is CC1(c2ccccc2)CCCN(C(=O)CN)C1.Cl. The van der Waals surface area contributed by atoms with Gasteiger partial charge in [-0.2, -0.15) is 0 Å². The number of halogens is 1. The maximum absolute atomic E-state index is 11.7. The van der Waals surface area contributed by atoms with Gasteiger partial charge in [-0.15, -0.1) is 12.4 Å². The van der Waals surface area contributed by atoms with Crippen LogP contribution in [0, 0.1) is 0 Å². The van der Waals surface area contributed by atoms with Gasteiger partial charge in [0.2, 0.25) is 5.91 Å². The first-order chi connectivity index (χ1) is 8.15. The molecule has 0 spiro atoms. The van der Waals surface area contributed by atoms with Crippen LogP contribution in [-0.4, -0.2) is 30.4 Å². The van der Waals surface area contributed by atoms with E-state index in [0.717, 1.165) is 25.9 Å². The molecular formula is C14H21ClN2O. The van der Waals surface area contributed by atoms with Crippen LogP contribution in [0.1, 0.15) is 25.3 Å². The summed E-state index contributed by atoms with van der Waals surface area (Å²) in [4.78, 5) is 13.6. The summed E-state index contributed by atoms with van der Waals surface area (Å²) in [7, 11) is 0. The molecule has 1 heterocycles. The molecule has 1 aromatic rings. The maximum atomic E-state index is 11.7. The van der Waals surface area contributed by atoms with E-state index in [2.05, 4.69) is 31.2 Å². The summed E-state index contributed by atoms with van der Waals surface area (Å²) >= 11 is 0. The monoisotopic (exact) mass is 268 g/mol. The van der Waals surface area contributed by atoms with E-state index >= 15 is 0 Å². The zero-order valence-corrected chi connectivity index (χ0v) is 11.6. The van der Waals surface area contributed by atoms with E-state index in [1.807, 2.05) is 11.0 Å². The lowest BCUT2D eigenvalue weighted by Gasteiger charge is -2.41. The Hall–Kier alpha value is -1.06. The van der Waals surface area contributed by atoms with Gasteiger partial charge in [0.05, 0.1) is 6.54 Å². The zero-order chi connectivity index (χ0) is 12.3. The minimum absolute atomic E-state index is 0. The van der Waals surface area contributed by atoms with Crippen LogP contribution in [0.4, 0.5) is 0 Å². The van der Waals surface area contributed by atoms with Crippen molar-refractivity contribution in [2.24, 2.45) is 5.73 Å². The number of benzene rings is 1. The lowest BCUT2D eigenvalue weighted by Crippen LogP contribution is -2.48. The van der Waals surface area contributed by atoms with Crippen LogP contribution in [0.3, 0.4) is 0 Å². The summed E-state index contributed by atoms with van der Waals surface area (Å²) < 4.78 is 0. The van der Waals surface area contributed by atoms with Crippen LogP contribution in [0.25, 0.3) is 0 Å². The molecular weight excluding hydrogens is 248 g/mol. The minimum atomic E-state index is 0. The molecule has 1 amide bonds. The fourth-order valence-electron chi connectivity index (χ4n) is 2.66. The van der Waals surface area contributed by atoms with Crippen LogP contribution < -0.4 is 5.73 Å². The Morgan fingerprint density at radius 1 is 1.39 bits per heavy atom. The molecule has 2 N–H and O–H groups in total. The fraction of sp³-hybridized carbons (Fsp3) is 0.500. The average molecular weight is 269 g/mol. The van der Waals surface area contributed by atoms with Crippen molar-refractivity contribution in [2.75, 3.05) is 19.6 Å². The highest BCUT2D eigenvalue weighted by Gasteiger charge is 2.33. The average Bonchev–Trinajstić information content (AvgIpc) is 2.39. The van der Waals surface area contributed by atoms with Crippen molar-refractivity contribution in [3.63, 3.8) is 0 Å². The van der Waals surface area contributed by atoms with Crippen LogP contribution in [0.5, 0.6) is 0 Å². The highest BCUT2D eigenvalue weighted by molar-refractivity contribution is 5.85. The molecule has 100 valence electrons. The van der Waals surface area contributed by atoms with Crippen molar-refractivity contribution in [1.29, 1.82) is 0 Å². The second-order valence-electron chi connectivity index (χ2n) is 5.05. The summed E-state index contributed by atoms with van der Waals surface area (Å²) in [5, 5.41) is 0. The first kappa shape index (κ1) is 15.0. The summed E-state index contributed by atoms with van der Waals surface area (Å²) in [6.07, 6.45) is 2.18. The van der Waals surface area contributed by atoms with E-state index < -0.39 is 0 Å². The van der Waals surface area contributed by atoms with Gasteiger partial charge < -0.3 is 10.6 Å². The molecule has 1 saturated heterocycles. The van der Waals surface area contributed by atoms with E-state index in [1.54, 1.807) is 0 Å². The molecule has 1 atom stereocenters. The normalized spacial score (nSPS) is 23.3. The third kappa shape index (κ3) is 3.03. The Kier molecular flexibility index (Phi) is 5.17. The summed E-state index contributed by atoms with van der Waals surface area (Å²) in [6.45, 7) is 3.98. The van der Waals surface area contributed by atoms with E-state index in [1.165, 1.54) is 5.56 Å². The molecule has 0 saturated carbocycles. The largest absolute Gasteiger partial charge is 0.341 e. The molecule has 0 bridgehead atoms. The molecule has 3 nitrogen and oxygen atoms in total. The highest BCUT2D eigenvalue weighted by atomic mass is 35.5. The number of carbonyl (C=O) groups excluding carboxylic acids is 1. The van der Waals surface area contributed by atoms with Gasteiger partial charge in [-0.05, 0) is 18.4 Å². The summed E-state index contributed by atoms with van der Waals surface area (Å²) in [5.41, 5.74) is 6.83. The lowest BCUT2D eigenvalue weighted by atomic mass is 9.76. The van der Waals surface area contributed by atoms with E-state index in [9.17, 15) is 4.79 Å². The third-order valence-corrected chi connectivity index (χ3v) is 3.69. The second-order valence-corrected chi connectivity index (χ2v) is 5.05. The number of hydrogen-bond donors (Lipinski definition) is 1. The Morgan fingerprint density at radius 2 is 2.06 bits per heavy atom. The molecule has 1 fully saturated rings. The van der Waals surface area contributed by atoms with Gasteiger partial charge in [-0.3, -0.25) is 4.79 Å². The highest BCUT2D eigenvalue weighted by Crippen LogP contribution is 2.33. The van der Waals surface area contributed by atoms with Crippen LogP contribution >= 0.6 is 12.4 Å². The molecule has 1 aliphatic heterocycles. The lowest BCUT2D eigenvalue weighted by molar-refractivity contribution is -0.131. The van der Waals surface area contributed by atoms with Crippen molar-refractivity contribution < 1.29 is 4.79 Å². The van der Waals surface area contributed by atoms with Gasteiger partial charge in [0.25, 0.3) is 0 Å². The minimum Gasteiger partial charge on any atom is -0.341 e. The Labute approximate surface area is 115 Å². The number of rotatable bonds is 2. The van der Waals surface area contributed by atoms with Gasteiger partial charge in [0.15, 0.2) is 0 Å². The molecule has 0 aliphatic carbocycles. The fourth-order valence-corrected chi connectivity index (χ4v) is 2.66. The third-order valence-electron chi connectivity index (χ3n) is 3.69. The van der Waals surface area contributed by atoms with Crippen molar-refractivity contribution >= 4 is 18.3 Å². The van der Waals surface area contributed by atoms with Gasteiger partial charge in [-0.1, -0.05) is 37.3 Å². The molecule has 1 unspecified atom stereocenters. The molecule has 18 heavy (non-hydrogen) atoms. The van der Waals surface area contributed by atoms with Crippen LogP contribution in [0.2, 0.25) is 0 Å². The Morgan fingerprint density at radius 3 is 2.67 bits per heavy atom. The van der Waals surface area contributed by atoms with Gasteiger partial charge in [0, 0.05) is 18.5 Å². The number of piperidine rings is 1. The zero-order valence-electron chi connectivity index (χ0n) is 10.8. The summed E-state index contributed by atoms with van der Waals surface area (Å²) in [6, 6.07) is 10.4. The molecule has 1 aliphatic rings. The second kappa shape index (κ2) is 6.21. The maximum Gasteiger partial charge on any atom is 0.236 e. The number of amides is 1. The molecule has 1 aromatic carbocycles. The van der Waals surface area contributed by atoms with E-state index in [4.69, 9.17) is 5.73 Å². The number of nitrogens with zero attached hydrogens (tertiary/aromatic N) is 1. The molecule has 0 aromatic heterocycles. The van der Waals surface area contributed by atoms with Crippen LogP contribution in [-0.2, 0) is 10.2 Å². The van der Waals surface area contributed by atoms with Gasteiger partial charge in [0.1, 0.15) is 0 Å². The first-order valence-corrected chi connectivity index (χ1v) is 6.19. The van der Waals surface area contributed by atoms with Gasteiger partial charge in [-0.25, -0.2) is 0 Å². The van der Waals surface area contributed by atoms with E-state index in [0.29, 0.717) is 0 Å². The Balaban J connectivity index is 0.00000162. The van der Waals surface area contributed by atoms with Gasteiger partial charge >= 0.3 is 0 Å². The first-order valence-electron chi connectivity index (χ1n) is 6.19. The van der Waals surface area contributed by atoms with E-state index in [-0.39, 0.29) is 30.3 Å². The van der Waals surface area contributed by atoms with Crippen LogP contribution in [0.15, 0.2) is 30.3 Å². The predicted octanol–water partition coefficient (Wildman–Crippen LogP) is 1.95.